The van der Waals surface area contributed by atoms with Crippen molar-refractivity contribution < 1.29 is 19.1 Å². The molecule has 0 aliphatic carbocycles. The van der Waals surface area contributed by atoms with Crippen LogP contribution < -0.4 is 15.0 Å². The Hall–Kier alpha value is -4.23. The van der Waals surface area contributed by atoms with Crippen LogP contribution in [-0.2, 0) is 16.2 Å². The molecule has 0 atom stereocenters. The fraction of sp³-hybridized carbons (Fsp3) is 0.100. The van der Waals surface area contributed by atoms with Gasteiger partial charge in [-0.1, -0.05) is 70.0 Å². The molecule has 0 bridgehead atoms. The van der Waals surface area contributed by atoms with E-state index in [-0.39, 0.29) is 5.57 Å². The molecule has 0 radical (unpaired) electrons. The molecule has 1 saturated heterocycles. The number of ether oxygens (including phenoxy) is 1. The molecule has 184 valence electrons. The number of hydrogen-bond acceptors (Lipinski definition) is 4. The second kappa shape index (κ2) is 10.0. The molecular weight excluding hydrogens is 532 g/mol. The lowest BCUT2D eigenvalue weighted by Crippen LogP contribution is -2.54. The molecule has 0 saturated carbocycles. The van der Waals surface area contributed by atoms with Gasteiger partial charge in [-0.15, -0.1) is 0 Å². The van der Waals surface area contributed by atoms with Crippen LogP contribution in [0.4, 0.5) is 10.5 Å². The number of hydrogen-bond donors (Lipinski definition) is 1. The number of carbonyl (C=O) groups excluding carboxylic acids is 3. The largest absolute Gasteiger partial charge is 0.488 e. The lowest BCUT2D eigenvalue weighted by atomic mass is 10.0. The van der Waals surface area contributed by atoms with Gasteiger partial charge >= 0.3 is 6.03 Å². The van der Waals surface area contributed by atoms with E-state index in [1.807, 2.05) is 32.0 Å². The number of imide groups is 2. The predicted octanol–water partition coefficient (Wildman–Crippen LogP) is 6.46. The van der Waals surface area contributed by atoms with E-state index in [0.29, 0.717) is 23.6 Å². The van der Waals surface area contributed by atoms with E-state index < -0.39 is 17.8 Å². The Balaban J connectivity index is 1.49. The van der Waals surface area contributed by atoms with Crippen molar-refractivity contribution in [3.8, 4) is 5.75 Å². The number of aryl methyl sites for hydroxylation is 2. The van der Waals surface area contributed by atoms with Crippen molar-refractivity contribution in [3.05, 3.63) is 111 Å². The van der Waals surface area contributed by atoms with Gasteiger partial charge < -0.3 is 4.74 Å². The predicted molar refractivity (Wildman–Crippen MR) is 147 cm³/mol. The highest BCUT2D eigenvalue weighted by Crippen LogP contribution is 2.30. The van der Waals surface area contributed by atoms with Crippen molar-refractivity contribution in [2.45, 2.75) is 20.5 Å². The number of urea groups is 1. The first-order valence-corrected chi connectivity index (χ1v) is 12.5. The van der Waals surface area contributed by atoms with Gasteiger partial charge in [0.05, 0.1) is 5.69 Å². The van der Waals surface area contributed by atoms with Gasteiger partial charge in [0.15, 0.2) is 0 Å². The topological polar surface area (TPSA) is 75.7 Å². The molecule has 4 amide bonds. The number of carbonyl (C=O) groups is 3. The minimum absolute atomic E-state index is 0.163. The molecule has 6 nitrogen and oxygen atoms in total. The van der Waals surface area contributed by atoms with Gasteiger partial charge in [0, 0.05) is 15.6 Å². The number of benzene rings is 4. The Morgan fingerprint density at radius 1 is 0.919 bits per heavy atom. The summed E-state index contributed by atoms with van der Waals surface area (Å²) in [5.41, 5.74) is 3.89. The van der Waals surface area contributed by atoms with Gasteiger partial charge in [-0.25, -0.2) is 9.69 Å². The van der Waals surface area contributed by atoms with Crippen LogP contribution in [-0.4, -0.2) is 17.8 Å². The Bertz CT molecular complexity index is 1590. The van der Waals surface area contributed by atoms with Crippen LogP contribution >= 0.6 is 15.9 Å². The van der Waals surface area contributed by atoms with Crippen LogP contribution in [0.3, 0.4) is 0 Å². The molecule has 4 aromatic carbocycles. The van der Waals surface area contributed by atoms with E-state index in [0.717, 1.165) is 36.8 Å². The first-order valence-electron chi connectivity index (χ1n) is 11.7. The van der Waals surface area contributed by atoms with Gasteiger partial charge in [0.25, 0.3) is 11.8 Å². The molecule has 1 N–H and O–H groups in total. The van der Waals surface area contributed by atoms with Gasteiger partial charge in [-0.3, -0.25) is 14.9 Å². The Labute approximate surface area is 222 Å². The minimum Gasteiger partial charge on any atom is -0.488 e. The number of nitrogens with zero attached hydrogens (tertiary/aromatic N) is 1. The summed E-state index contributed by atoms with van der Waals surface area (Å²) >= 11 is 3.46. The van der Waals surface area contributed by atoms with Crippen molar-refractivity contribution >= 4 is 56.3 Å². The summed E-state index contributed by atoms with van der Waals surface area (Å²) in [7, 11) is 0. The Morgan fingerprint density at radius 3 is 2.46 bits per heavy atom. The van der Waals surface area contributed by atoms with E-state index in [1.165, 1.54) is 6.08 Å². The van der Waals surface area contributed by atoms with Crippen molar-refractivity contribution in [3.63, 3.8) is 0 Å². The molecule has 0 unspecified atom stereocenters. The maximum absolute atomic E-state index is 13.3. The van der Waals surface area contributed by atoms with E-state index in [2.05, 4.69) is 45.5 Å². The molecular formula is C30H23BrN2O4. The summed E-state index contributed by atoms with van der Waals surface area (Å²) in [4.78, 5) is 39.5. The quantitative estimate of drug-likeness (QED) is 0.227. The molecule has 0 spiro atoms. The molecule has 4 aromatic rings. The average Bonchev–Trinajstić information content (AvgIpc) is 2.88. The molecule has 5 rings (SSSR count). The van der Waals surface area contributed by atoms with Crippen molar-refractivity contribution in [2.24, 2.45) is 0 Å². The van der Waals surface area contributed by atoms with Crippen molar-refractivity contribution in [1.29, 1.82) is 0 Å². The number of barbiturate groups is 1. The van der Waals surface area contributed by atoms with Crippen LogP contribution in [0.2, 0.25) is 0 Å². The first-order chi connectivity index (χ1) is 17.8. The van der Waals surface area contributed by atoms with Crippen LogP contribution in [0, 0.1) is 13.8 Å². The zero-order valence-electron chi connectivity index (χ0n) is 20.2. The lowest BCUT2D eigenvalue weighted by Gasteiger charge is -2.26. The van der Waals surface area contributed by atoms with Crippen LogP contribution in [0.15, 0.2) is 88.9 Å². The van der Waals surface area contributed by atoms with Gasteiger partial charge in [0.1, 0.15) is 17.9 Å². The zero-order chi connectivity index (χ0) is 26.1. The molecule has 1 heterocycles. The van der Waals surface area contributed by atoms with Gasteiger partial charge in [-0.2, -0.15) is 0 Å². The number of rotatable bonds is 5. The van der Waals surface area contributed by atoms with Gasteiger partial charge in [-0.05, 0) is 66.6 Å². The summed E-state index contributed by atoms with van der Waals surface area (Å²) in [6, 6.07) is 23.8. The number of nitrogens with one attached hydrogen (secondary N) is 1. The number of anilines is 1. The maximum atomic E-state index is 13.3. The highest BCUT2D eigenvalue weighted by Gasteiger charge is 2.37. The summed E-state index contributed by atoms with van der Waals surface area (Å²) in [5, 5.41) is 4.49. The Morgan fingerprint density at radius 2 is 1.68 bits per heavy atom. The summed E-state index contributed by atoms with van der Waals surface area (Å²) < 4.78 is 6.99. The highest BCUT2D eigenvalue weighted by atomic mass is 79.9. The number of halogens is 1. The summed E-state index contributed by atoms with van der Waals surface area (Å²) in [6.07, 6.45) is 1.46. The SMILES string of the molecule is Cc1ccc(N2C(=O)NC(=O)/C(=C\c3cc(Br)ccc3OCc3c(C)ccc4ccccc34)C2=O)cc1. The monoisotopic (exact) mass is 554 g/mol. The molecule has 0 aromatic heterocycles. The average molecular weight is 555 g/mol. The second-order valence-corrected chi connectivity index (χ2v) is 9.76. The van der Waals surface area contributed by atoms with Gasteiger partial charge in [0.2, 0.25) is 0 Å². The minimum atomic E-state index is -0.784. The van der Waals surface area contributed by atoms with Crippen molar-refractivity contribution in [2.75, 3.05) is 4.90 Å². The molecule has 37 heavy (non-hydrogen) atoms. The molecule has 1 fully saturated rings. The summed E-state index contributed by atoms with van der Waals surface area (Å²) in [5.74, 6) is -0.954. The first kappa shape index (κ1) is 24.5. The van der Waals surface area contributed by atoms with Crippen LogP contribution in [0.25, 0.3) is 16.8 Å². The van der Waals surface area contributed by atoms with Crippen LogP contribution in [0.1, 0.15) is 22.3 Å². The lowest BCUT2D eigenvalue weighted by molar-refractivity contribution is -0.122. The van der Waals surface area contributed by atoms with Crippen molar-refractivity contribution in [1.82, 2.24) is 5.32 Å². The van der Waals surface area contributed by atoms with E-state index in [1.54, 1.807) is 36.4 Å². The Kier molecular flexibility index (Phi) is 6.63. The molecule has 1 aliphatic heterocycles. The fourth-order valence-electron chi connectivity index (χ4n) is 4.29. The third kappa shape index (κ3) is 4.90. The van der Waals surface area contributed by atoms with E-state index in [9.17, 15) is 14.4 Å². The number of amides is 4. The smallest absolute Gasteiger partial charge is 0.335 e. The molecule has 7 heteroatoms. The van der Waals surface area contributed by atoms with E-state index in [4.69, 9.17) is 4.74 Å². The normalized spacial score (nSPS) is 14.8. The van der Waals surface area contributed by atoms with Crippen LogP contribution in [0.5, 0.6) is 5.75 Å². The second-order valence-electron chi connectivity index (χ2n) is 8.85. The standard InChI is InChI=1S/C30H23BrN2O4/c1-18-7-12-23(13-8-18)33-29(35)25(28(34)32-30(33)36)16-21-15-22(31)11-14-27(21)37-17-26-19(2)9-10-20-5-3-4-6-24(20)26/h3-16H,17H2,1-2H3,(H,32,34,36)/b25-16+. The third-order valence-corrected chi connectivity index (χ3v) is 6.81. The maximum Gasteiger partial charge on any atom is 0.335 e. The zero-order valence-corrected chi connectivity index (χ0v) is 21.8. The summed E-state index contributed by atoms with van der Waals surface area (Å²) in [6.45, 7) is 4.25. The third-order valence-electron chi connectivity index (χ3n) is 6.31. The fourth-order valence-corrected chi connectivity index (χ4v) is 4.67. The number of fused-ring (bicyclic) bond motifs is 1. The highest BCUT2D eigenvalue weighted by molar-refractivity contribution is 9.10. The molecule has 1 aliphatic rings. The van der Waals surface area contributed by atoms with E-state index >= 15 is 0 Å².